The van der Waals surface area contributed by atoms with Gasteiger partial charge in [0.2, 0.25) is 0 Å². The number of benzene rings is 2. The first-order valence-corrected chi connectivity index (χ1v) is 7.74. The van der Waals surface area contributed by atoms with Gasteiger partial charge in [-0.3, -0.25) is 9.78 Å². The topological polar surface area (TPSA) is 63.0 Å². The summed E-state index contributed by atoms with van der Waals surface area (Å²) in [5.74, 6) is -0.271. The third-order valence-electron chi connectivity index (χ3n) is 3.70. The Labute approximate surface area is 140 Å². The quantitative estimate of drug-likeness (QED) is 0.672. The van der Waals surface area contributed by atoms with Crippen LogP contribution < -0.4 is 0 Å². The summed E-state index contributed by atoms with van der Waals surface area (Å²) in [4.78, 5) is 16.4. The Balaban J connectivity index is 1.54. The first kappa shape index (κ1) is 15.7. The molecule has 0 unspecified atom stereocenters. The number of aromatic nitrogens is 1. The molecule has 0 radical (unpaired) electrons. The van der Waals surface area contributed by atoms with Crippen LogP contribution in [0, 0.1) is 11.3 Å². The van der Waals surface area contributed by atoms with Crippen molar-refractivity contribution in [3.8, 4) is 6.07 Å². The molecule has 0 saturated heterocycles. The van der Waals surface area contributed by atoms with Gasteiger partial charge in [0.15, 0.2) is 0 Å². The van der Waals surface area contributed by atoms with Gasteiger partial charge in [0, 0.05) is 17.5 Å². The number of pyridine rings is 1. The minimum atomic E-state index is -0.271. The number of fused-ring (bicyclic) bond motifs is 1. The van der Waals surface area contributed by atoms with Crippen molar-refractivity contribution in [2.24, 2.45) is 0 Å². The molecule has 3 rings (SSSR count). The summed E-state index contributed by atoms with van der Waals surface area (Å²) in [5, 5.41) is 9.94. The van der Waals surface area contributed by atoms with Crippen LogP contribution in [0.25, 0.3) is 10.9 Å². The normalized spacial score (nSPS) is 10.3. The van der Waals surface area contributed by atoms with Crippen LogP contribution in [-0.4, -0.2) is 11.0 Å². The zero-order valence-corrected chi connectivity index (χ0v) is 13.1. The van der Waals surface area contributed by atoms with Crippen LogP contribution in [0.15, 0.2) is 60.7 Å². The molecular weight excluding hydrogens is 300 g/mol. The van der Waals surface area contributed by atoms with Gasteiger partial charge in [0.1, 0.15) is 6.61 Å². The molecule has 118 valence electrons. The summed E-state index contributed by atoms with van der Waals surface area (Å²) in [7, 11) is 0. The third-order valence-corrected chi connectivity index (χ3v) is 3.70. The molecule has 0 amide bonds. The lowest BCUT2D eigenvalue weighted by atomic mass is 10.1. The Kier molecular flexibility index (Phi) is 4.83. The predicted molar refractivity (Wildman–Crippen MR) is 91.0 cm³/mol. The zero-order chi connectivity index (χ0) is 16.8. The fourth-order valence-corrected chi connectivity index (χ4v) is 2.44. The van der Waals surface area contributed by atoms with E-state index in [1.807, 2.05) is 42.5 Å². The lowest BCUT2D eigenvalue weighted by Crippen LogP contribution is -2.06. The Morgan fingerprint density at radius 1 is 1.08 bits per heavy atom. The van der Waals surface area contributed by atoms with Crippen LogP contribution >= 0.6 is 0 Å². The Bertz CT molecular complexity index is 913. The Hall–Kier alpha value is -3.19. The highest BCUT2D eigenvalue weighted by Gasteiger charge is 2.06. The van der Waals surface area contributed by atoms with E-state index >= 15 is 0 Å². The number of hydrogen-bond donors (Lipinski definition) is 0. The van der Waals surface area contributed by atoms with Crippen molar-refractivity contribution < 1.29 is 9.53 Å². The standard InChI is InChI=1S/C20H16N2O2/c21-13-15-4-3-5-16(12-15)14-24-20(23)11-10-18-9-8-17-6-1-2-7-19(17)22-18/h1-9,12H,10-11,14H2. The fourth-order valence-electron chi connectivity index (χ4n) is 2.44. The highest BCUT2D eigenvalue weighted by molar-refractivity contribution is 5.78. The molecule has 0 atom stereocenters. The van der Waals surface area contributed by atoms with E-state index in [0.717, 1.165) is 22.2 Å². The van der Waals surface area contributed by atoms with Gasteiger partial charge in [0.05, 0.1) is 23.6 Å². The second-order valence-corrected chi connectivity index (χ2v) is 5.47. The summed E-state index contributed by atoms with van der Waals surface area (Å²) in [6, 6.07) is 21.0. The molecule has 24 heavy (non-hydrogen) atoms. The Morgan fingerprint density at radius 3 is 2.83 bits per heavy atom. The molecule has 4 nitrogen and oxygen atoms in total. The van der Waals surface area contributed by atoms with E-state index in [2.05, 4.69) is 11.1 Å². The SMILES string of the molecule is N#Cc1cccc(COC(=O)CCc2ccc3ccccc3n2)c1. The maximum absolute atomic E-state index is 11.9. The number of rotatable bonds is 5. The molecule has 0 aliphatic rings. The van der Waals surface area contributed by atoms with E-state index in [1.54, 1.807) is 18.2 Å². The van der Waals surface area contributed by atoms with Gasteiger partial charge in [0.25, 0.3) is 0 Å². The van der Waals surface area contributed by atoms with E-state index in [0.29, 0.717) is 12.0 Å². The molecule has 0 fully saturated rings. The van der Waals surface area contributed by atoms with E-state index in [4.69, 9.17) is 10.00 Å². The van der Waals surface area contributed by atoms with Crippen molar-refractivity contribution >= 4 is 16.9 Å². The van der Waals surface area contributed by atoms with E-state index in [-0.39, 0.29) is 19.0 Å². The summed E-state index contributed by atoms with van der Waals surface area (Å²) in [6.07, 6.45) is 0.825. The first-order chi connectivity index (χ1) is 11.7. The average Bonchev–Trinajstić information content (AvgIpc) is 2.64. The van der Waals surface area contributed by atoms with Gasteiger partial charge in [-0.1, -0.05) is 36.4 Å². The van der Waals surface area contributed by atoms with Gasteiger partial charge in [-0.25, -0.2) is 0 Å². The number of esters is 1. The smallest absolute Gasteiger partial charge is 0.306 e. The van der Waals surface area contributed by atoms with Crippen LogP contribution in [0.3, 0.4) is 0 Å². The van der Waals surface area contributed by atoms with E-state index in [1.165, 1.54) is 0 Å². The largest absolute Gasteiger partial charge is 0.461 e. The predicted octanol–water partition coefficient (Wildman–Crippen LogP) is 3.78. The highest BCUT2D eigenvalue weighted by Crippen LogP contribution is 2.13. The van der Waals surface area contributed by atoms with Gasteiger partial charge in [-0.05, 0) is 29.8 Å². The van der Waals surface area contributed by atoms with Crippen LogP contribution in [0.4, 0.5) is 0 Å². The van der Waals surface area contributed by atoms with Gasteiger partial charge in [-0.2, -0.15) is 5.26 Å². The molecular formula is C20H16N2O2. The second-order valence-electron chi connectivity index (χ2n) is 5.47. The van der Waals surface area contributed by atoms with Gasteiger partial charge < -0.3 is 4.74 Å². The summed E-state index contributed by atoms with van der Waals surface area (Å²) in [6.45, 7) is 0.180. The van der Waals surface area contributed by atoms with Crippen molar-refractivity contribution in [2.75, 3.05) is 0 Å². The van der Waals surface area contributed by atoms with Gasteiger partial charge in [-0.15, -0.1) is 0 Å². The molecule has 4 heteroatoms. The number of carbonyl (C=O) groups is 1. The van der Waals surface area contributed by atoms with Gasteiger partial charge >= 0.3 is 5.97 Å². The second kappa shape index (κ2) is 7.38. The number of nitrogens with zero attached hydrogens (tertiary/aromatic N) is 2. The van der Waals surface area contributed by atoms with Crippen LogP contribution in [-0.2, 0) is 22.6 Å². The van der Waals surface area contributed by atoms with Crippen molar-refractivity contribution in [1.29, 1.82) is 5.26 Å². The first-order valence-electron chi connectivity index (χ1n) is 7.74. The summed E-state index contributed by atoms with van der Waals surface area (Å²) in [5.41, 5.74) is 3.17. The summed E-state index contributed by atoms with van der Waals surface area (Å²) < 4.78 is 5.26. The molecule has 0 spiro atoms. The van der Waals surface area contributed by atoms with Crippen molar-refractivity contribution in [2.45, 2.75) is 19.4 Å². The number of aryl methyl sites for hydroxylation is 1. The highest BCUT2D eigenvalue weighted by atomic mass is 16.5. The minimum Gasteiger partial charge on any atom is -0.461 e. The number of ether oxygens (including phenoxy) is 1. The maximum Gasteiger partial charge on any atom is 0.306 e. The number of nitriles is 1. The Morgan fingerprint density at radius 2 is 1.96 bits per heavy atom. The monoisotopic (exact) mass is 316 g/mol. The molecule has 0 saturated carbocycles. The molecule has 0 aliphatic heterocycles. The number of para-hydroxylation sites is 1. The van der Waals surface area contributed by atoms with Crippen molar-refractivity contribution in [3.05, 3.63) is 77.5 Å². The van der Waals surface area contributed by atoms with Crippen molar-refractivity contribution in [3.63, 3.8) is 0 Å². The molecule has 1 aromatic heterocycles. The molecule has 0 N–H and O–H groups in total. The molecule has 0 aliphatic carbocycles. The van der Waals surface area contributed by atoms with E-state index < -0.39 is 0 Å². The van der Waals surface area contributed by atoms with Crippen LogP contribution in [0.2, 0.25) is 0 Å². The number of carbonyl (C=O) groups excluding carboxylic acids is 1. The lowest BCUT2D eigenvalue weighted by molar-refractivity contribution is -0.144. The van der Waals surface area contributed by atoms with E-state index in [9.17, 15) is 4.79 Å². The number of hydrogen-bond acceptors (Lipinski definition) is 4. The lowest BCUT2D eigenvalue weighted by Gasteiger charge is -2.06. The molecule has 3 aromatic rings. The zero-order valence-electron chi connectivity index (χ0n) is 13.1. The molecule has 1 heterocycles. The fraction of sp³-hybridized carbons (Fsp3) is 0.150. The van der Waals surface area contributed by atoms with Crippen molar-refractivity contribution in [1.82, 2.24) is 4.98 Å². The molecule has 2 aromatic carbocycles. The molecule has 0 bridgehead atoms. The third kappa shape index (κ3) is 3.96. The van der Waals surface area contributed by atoms with Crippen LogP contribution in [0.5, 0.6) is 0 Å². The summed E-state index contributed by atoms with van der Waals surface area (Å²) >= 11 is 0. The maximum atomic E-state index is 11.9. The van der Waals surface area contributed by atoms with Crippen LogP contribution in [0.1, 0.15) is 23.2 Å². The average molecular weight is 316 g/mol. The minimum absolute atomic E-state index is 0.180.